The number of thioether (sulfide) groups is 1. The summed E-state index contributed by atoms with van der Waals surface area (Å²) in [4.78, 5) is 51.5. The maximum atomic E-state index is 12.2. The van der Waals surface area contributed by atoms with Gasteiger partial charge >= 0.3 is 5.97 Å². The predicted molar refractivity (Wildman–Crippen MR) is 116 cm³/mol. The third-order valence-corrected chi connectivity index (χ3v) is 4.68. The molecule has 4 unspecified atom stereocenters. The molecule has 0 aliphatic rings. The monoisotopic (exact) mass is 447 g/mol. The molecule has 0 heterocycles. The van der Waals surface area contributed by atoms with Crippen molar-refractivity contribution in [2.24, 2.45) is 22.2 Å². The lowest BCUT2D eigenvalue weighted by Gasteiger charge is -2.21. The van der Waals surface area contributed by atoms with Crippen molar-refractivity contribution in [1.29, 1.82) is 0 Å². The fourth-order valence-corrected chi connectivity index (χ4v) is 2.71. The molecule has 0 spiro atoms. The van der Waals surface area contributed by atoms with Crippen LogP contribution in [0.2, 0.25) is 0 Å². The van der Waals surface area contributed by atoms with Crippen molar-refractivity contribution in [3.05, 3.63) is 0 Å². The van der Waals surface area contributed by atoms with Crippen LogP contribution in [-0.4, -0.2) is 77.5 Å². The molecule has 0 fully saturated rings. The first kappa shape index (κ1) is 27.5. The predicted octanol–water partition coefficient (Wildman–Crippen LogP) is -2.30. The Labute approximate surface area is 180 Å². The van der Waals surface area contributed by atoms with Crippen LogP contribution in [-0.2, 0) is 19.2 Å². The summed E-state index contributed by atoms with van der Waals surface area (Å²) in [5.74, 6) is -2.34. The molecule has 0 bridgehead atoms. The lowest BCUT2D eigenvalue weighted by molar-refractivity contribution is -0.142. The molecule has 0 aromatic heterocycles. The van der Waals surface area contributed by atoms with Gasteiger partial charge in [-0.3, -0.25) is 19.4 Å². The third-order valence-electron chi connectivity index (χ3n) is 4.03. The van der Waals surface area contributed by atoms with Gasteiger partial charge in [-0.05, 0) is 45.1 Å². The number of carbonyl (C=O) groups excluding carboxylic acids is 3. The minimum Gasteiger partial charge on any atom is -0.480 e. The number of carboxylic acid groups (broad SMARTS) is 1. The second kappa shape index (κ2) is 14.4. The lowest BCUT2D eigenvalue weighted by Crippen LogP contribution is -2.55. The van der Waals surface area contributed by atoms with Crippen LogP contribution in [0.25, 0.3) is 0 Å². The van der Waals surface area contributed by atoms with Gasteiger partial charge in [0.1, 0.15) is 18.1 Å². The summed E-state index contributed by atoms with van der Waals surface area (Å²) >= 11 is 1.56. The summed E-state index contributed by atoms with van der Waals surface area (Å²) in [6.45, 7) is 3.09. The van der Waals surface area contributed by atoms with Crippen LogP contribution in [0.5, 0.6) is 0 Å². The number of nitrogens with zero attached hydrogens (tertiary/aromatic N) is 1. The highest BCUT2D eigenvalue weighted by molar-refractivity contribution is 7.98. The largest absolute Gasteiger partial charge is 0.480 e. The molecule has 4 atom stereocenters. The summed E-state index contributed by atoms with van der Waals surface area (Å²) < 4.78 is 0. The van der Waals surface area contributed by atoms with Gasteiger partial charge in [0.05, 0.1) is 6.04 Å². The number of hydrogen-bond acceptors (Lipinski definition) is 7. The van der Waals surface area contributed by atoms with Gasteiger partial charge in [0.2, 0.25) is 17.7 Å². The smallest absolute Gasteiger partial charge is 0.326 e. The second-order valence-electron chi connectivity index (χ2n) is 6.70. The van der Waals surface area contributed by atoms with E-state index in [9.17, 15) is 24.3 Å². The molecule has 0 aliphatic carbocycles. The van der Waals surface area contributed by atoms with Crippen molar-refractivity contribution < 1.29 is 24.3 Å². The molecule has 0 radical (unpaired) electrons. The summed E-state index contributed by atoms with van der Waals surface area (Å²) in [5.41, 5.74) is 16.1. The van der Waals surface area contributed by atoms with Crippen molar-refractivity contribution in [1.82, 2.24) is 16.0 Å². The molecule has 3 amide bonds. The Morgan fingerprint density at radius 1 is 0.967 bits per heavy atom. The minimum atomic E-state index is -1.22. The lowest BCUT2D eigenvalue weighted by atomic mass is 10.1. The SMILES string of the molecule is CSCCC(N)C(=O)NC(C)C(=O)NC(C)C(=O)NC(CCCN=C(N)N)C(=O)O. The number of nitrogens with one attached hydrogen (secondary N) is 3. The van der Waals surface area contributed by atoms with Gasteiger partial charge in [-0.15, -0.1) is 0 Å². The van der Waals surface area contributed by atoms with Crippen LogP contribution in [0.4, 0.5) is 0 Å². The maximum Gasteiger partial charge on any atom is 0.326 e. The Balaban J connectivity index is 4.59. The number of rotatable bonds is 14. The number of carbonyl (C=O) groups is 4. The molecule has 10 N–H and O–H groups in total. The zero-order chi connectivity index (χ0) is 23.3. The molecule has 0 saturated carbocycles. The van der Waals surface area contributed by atoms with Crippen LogP contribution < -0.4 is 33.2 Å². The topological polar surface area (TPSA) is 215 Å². The Kier molecular flexibility index (Phi) is 13.2. The zero-order valence-electron chi connectivity index (χ0n) is 17.5. The molecular weight excluding hydrogens is 414 g/mol. The Bertz CT molecular complexity index is 628. The first-order valence-corrected chi connectivity index (χ1v) is 10.8. The number of hydrogen-bond donors (Lipinski definition) is 7. The maximum absolute atomic E-state index is 12.2. The second-order valence-corrected chi connectivity index (χ2v) is 7.68. The fraction of sp³-hybridized carbons (Fsp3) is 0.706. The van der Waals surface area contributed by atoms with E-state index < -0.39 is 47.9 Å². The van der Waals surface area contributed by atoms with Crippen LogP contribution in [0.1, 0.15) is 33.1 Å². The zero-order valence-corrected chi connectivity index (χ0v) is 18.3. The van der Waals surface area contributed by atoms with Gasteiger partial charge < -0.3 is 38.3 Å². The first-order valence-electron chi connectivity index (χ1n) is 9.43. The standard InChI is InChI=1S/C17H33N7O5S/c1-9(23-15(27)11(18)6-8-30-3)13(25)22-10(2)14(26)24-12(16(28)29)5-4-7-21-17(19)20/h9-12H,4-8,18H2,1-3H3,(H,22,25)(H,23,27)(H,24,26)(H,28,29)(H4,19,20,21). The molecule has 0 aliphatic heterocycles. The van der Waals surface area contributed by atoms with Crippen LogP contribution >= 0.6 is 11.8 Å². The van der Waals surface area contributed by atoms with Gasteiger partial charge in [-0.1, -0.05) is 0 Å². The van der Waals surface area contributed by atoms with Gasteiger partial charge in [0.25, 0.3) is 0 Å². The van der Waals surface area contributed by atoms with E-state index in [4.69, 9.17) is 17.2 Å². The molecule has 0 saturated heterocycles. The quantitative estimate of drug-likeness (QED) is 0.0864. The summed E-state index contributed by atoms with van der Waals surface area (Å²) in [7, 11) is 0. The van der Waals surface area contributed by atoms with Crippen molar-refractivity contribution in [2.45, 2.75) is 57.3 Å². The molecule has 30 heavy (non-hydrogen) atoms. The molecule has 0 aromatic carbocycles. The minimum absolute atomic E-state index is 0.103. The molecule has 0 aromatic rings. The number of aliphatic imine (C=N–C) groups is 1. The number of aliphatic carboxylic acids is 1. The van der Waals surface area contributed by atoms with Crippen molar-refractivity contribution in [3.63, 3.8) is 0 Å². The summed E-state index contributed by atoms with van der Waals surface area (Å²) in [6.07, 6.45) is 2.82. The van der Waals surface area contributed by atoms with E-state index in [1.807, 2.05) is 6.26 Å². The Morgan fingerprint density at radius 3 is 2.00 bits per heavy atom. The Hall–Kier alpha value is -2.54. The van der Waals surface area contributed by atoms with E-state index in [2.05, 4.69) is 20.9 Å². The van der Waals surface area contributed by atoms with Crippen LogP contribution in [0, 0.1) is 0 Å². The van der Waals surface area contributed by atoms with E-state index in [0.717, 1.165) is 0 Å². The van der Waals surface area contributed by atoms with Crippen molar-refractivity contribution in [3.8, 4) is 0 Å². The van der Waals surface area contributed by atoms with E-state index in [-0.39, 0.29) is 18.9 Å². The molecule has 0 rings (SSSR count). The fourth-order valence-electron chi connectivity index (χ4n) is 2.22. The molecular formula is C17H33N7O5S. The molecule has 172 valence electrons. The molecule has 12 nitrogen and oxygen atoms in total. The molecule has 13 heteroatoms. The van der Waals surface area contributed by atoms with E-state index in [0.29, 0.717) is 18.6 Å². The van der Waals surface area contributed by atoms with E-state index in [1.165, 1.54) is 13.8 Å². The first-order chi connectivity index (χ1) is 14.0. The van der Waals surface area contributed by atoms with E-state index >= 15 is 0 Å². The average Bonchev–Trinajstić information content (AvgIpc) is 2.67. The third kappa shape index (κ3) is 11.5. The van der Waals surface area contributed by atoms with Gasteiger partial charge in [-0.25, -0.2) is 4.79 Å². The van der Waals surface area contributed by atoms with E-state index in [1.54, 1.807) is 11.8 Å². The van der Waals surface area contributed by atoms with Gasteiger partial charge in [-0.2, -0.15) is 11.8 Å². The van der Waals surface area contributed by atoms with Crippen molar-refractivity contribution >= 4 is 41.4 Å². The average molecular weight is 448 g/mol. The number of nitrogens with two attached hydrogens (primary N) is 3. The van der Waals surface area contributed by atoms with Crippen molar-refractivity contribution in [2.75, 3.05) is 18.6 Å². The number of carboxylic acids is 1. The van der Waals surface area contributed by atoms with Gasteiger partial charge in [0, 0.05) is 6.54 Å². The van der Waals surface area contributed by atoms with Gasteiger partial charge in [0.15, 0.2) is 5.96 Å². The Morgan fingerprint density at radius 2 is 1.50 bits per heavy atom. The summed E-state index contributed by atoms with van der Waals surface area (Å²) in [5, 5.41) is 16.5. The normalized spacial score (nSPS) is 14.5. The highest BCUT2D eigenvalue weighted by Crippen LogP contribution is 2.01. The van der Waals surface area contributed by atoms with Crippen LogP contribution in [0.3, 0.4) is 0 Å². The highest BCUT2D eigenvalue weighted by Gasteiger charge is 2.26. The number of guanidine groups is 1. The summed E-state index contributed by atoms with van der Waals surface area (Å²) in [6, 6.07) is -3.81. The van der Waals surface area contributed by atoms with Crippen LogP contribution in [0.15, 0.2) is 4.99 Å². The number of amides is 3. The highest BCUT2D eigenvalue weighted by atomic mass is 32.2.